The molecule has 1 fully saturated rings. The van der Waals surface area contributed by atoms with Crippen LogP contribution in [0.4, 0.5) is 0 Å². The summed E-state index contributed by atoms with van der Waals surface area (Å²) in [6.45, 7) is 10.3. The van der Waals surface area contributed by atoms with Gasteiger partial charge in [0.2, 0.25) is 0 Å². The first-order chi connectivity index (χ1) is 8.54. The maximum absolute atomic E-state index is 5.65. The second-order valence-electron chi connectivity index (χ2n) is 7.04. The molecule has 0 unspecified atom stereocenters. The molecule has 0 atom stereocenters. The van der Waals surface area contributed by atoms with E-state index in [4.69, 9.17) is 5.73 Å². The third-order valence-corrected chi connectivity index (χ3v) is 4.94. The van der Waals surface area contributed by atoms with Gasteiger partial charge in [0.15, 0.2) is 0 Å². The molecular weight excluding hydrogens is 220 g/mol. The second-order valence-corrected chi connectivity index (χ2v) is 7.04. The van der Waals surface area contributed by atoms with Gasteiger partial charge in [0, 0.05) is 6.54 Å². The predicted octanol–water partition coefficient (Wildman–Crippen LogP) is 3.70. The molecule has 0 radical (unpaired) electrons. The fourth-order valence-electron chi connectivity index (χ4n) is 3.34. The monoisotopic (exact) mass is 254 g/mol. The molecule has 0 aromatic carbocycles. The number of hydrogen-bond donors (Lipinski definition) is 2. The lowest BCUT2D eigenvalue weighted by Crippen LogP contribution is -2.32. The van der Waals surface area contributed by atoms with Crippen LogP contribution >= 0.6 is 0 Å². The quantitative estimate of drug-likeness (QED) is 0.616. The van der Waals surface area contributed by atoms with Gasteiger partial charge < -0.3 is 11.1 Å². The van der Waals surface area contributed by atoms with E-state index >= 15 is 0 Å². The molecule has 0 amide bonds. The van der Waals surface area contributed by atoms with Gasteiger partial charge in [-0.15, -0.1) is 0 Å². The smallest absolute Gasteiger partial charge is 0.000770 e. The summed E-state index contributed by atoms with van der Waals surface area (Å²) >= 11 is 0. The molecule has 0 aromatic heterocycles. The highest BCUT2D eigenvalue weighted by Gasteiger charge is 2.31. The third kappa shape index (κ3) is 5.27. The Morgan fingerprint density at radius 3 is 2.39 bits per heavy atom. The molecule has 2 nitrogen and oxygen atoms in total. The molecule has 0 saturated heterocycles. The first-order valence-corrected chi connectivity index (χ1v) is 7.94. The van der Waals surface area contributed by atoms with Crippen molar-refractivity contribution >= 4 is 0 Å². The van der Waals surface area contributed by atoms with Crippen molar-refractivity contribution in [3.63, 3.8) is 0 Å². The van der Waals surface area contributed by atoms with Crippen molar-refractivity contribution in [1.29, 1.82) is 0 Å². The van der Waals surface area contributed by atoms with Crippen LogP contribution in [0, 0.1) is 10.8 Å². The Bertz CT molecular complexity index is 217. The van der Waals surface area contributed by atoms with Crippen LogP contribution in [0.2, 0.25) is 0 Å². The maximum atomic E-state index is 5.65. The van der Waals surface area contributed by atoms with Gasteiger partial charge in [-0.05, 0) is 62.4 Å². The van der Waals surface area contributed by atoms with Crippen LogP contribution < -0.4 is 11.1 Å². The number of nitrogens with one attached hydrogen (secondary N) is 1. The maximum Gasteiger partial charge on any atom is 0.000770 e. The average molecular weight is 254 g/mol. The summed E-state index contributed by atoms with van der Waals surface area (Å²) < 4.78 is 0. The van der Waals surface area contributed by atoms with Crippen molar-refractivity contribution < 1.29 is 0 Å². The van der Waals surface area contributed by atoms with Crippen molar-refractivity contribution in [2.75, 3.05) is 19.6 Å². The Hall–Kier alpha value is -0.0800. The summed E-state index contributed by atoms with van der Waals surface area (Å²) in [6, 6.07) is 0. The fraction of sp³-hybridized carbons (Fsp3) is 1.00. The molecule has 0 bridgehead atoms. The van der Waals surface area contributed by atoms with Crippen molar-refractivity contribution in [3.8, 4) is 0 Å². The standard InChI is InChI=1S/C16H34N2/c1-4-16(9-5-6-10-16)14-18-13-7-8-15(2,3)11-12-17/h18H,4-14,17H2,1-3H3. The van der Waals surface area contributed by atoms with E-state index in [0.29, 0.717) is 10.8 Å². The molecule has 0 heterocycles. The Kier molecular flexibility index (Phi) is 6.65. The summed E-state index contributed by atoms with van der Waals surface area (Å²) in [5.41, 5.74) is 6.70. The van der Waals surface area contributed by atoms with Crippen molar-refractivity contribution in [3.05, 3.63) is 0 Å². The lowest BCUT2D eigenvalue weighted by Gasteiger charge is -2.28. The number of hydrogen-bond acceptors (Lipinski definition) is 2. The summed E-state index contributed by atoms with van der Waals surface area (Å²) in [6.07, 6.45) is 10.8. The molecule has 2 heteroatoms. The van der Waals surface area contributed by atoms with Crippen LogP contribution in [0.25, 0.3) is 0 Å². The van der Waals surface area contributed by atoms with Crippen molar-refractivity contribution in [2.45, 2.75) is 72.1 Å². The van der Waals surface area contributed by atoms with Crippen LogP contribution in [-0.4, -0.2) is 19.6 Å². The van der Waals surface area contributed by atoms with Gasteiger partial charge in [-0.3, -0.25) is 0 Å². The molecule has 0 aliphatic heterocycles. The Labute approximate surface area is 114 Å². The molecule has 108 valence electrons. The van der Waals surface area contributed by atoms with Gasteiger partial charge >= 0.3 is 0 Å². The van der Waals surface area contributed by atoms with Crippen LogP contribution in [0.15, 0.2) is 0 Å². The van der Waals surface area contributed by atoms with Gasteiger partial charge in [-0.1, -0.05) is 33.6 Å². The van der Waals surface area contributed by atoms with Crippen molar-refractivity contribution in [2.24, 2.45) is 16.6 Å². The van der Waals surface area contributed by atoms with E-state index in [1.807, 2.05) is 0 Å². The minimum Gasteiger partial charge on any atom is -0.330 e. The topological polar surface area (TPSA) is 38.0 Å². The van der Waals surface area contributed by atoms with E-state index in [0.717, 1.165) is 13.0 Å². The highest BCUT2D eigenvalue weighted by Crippen LogP contribution is 2.40. The fourth-order valence-corrected chi connectivity index (χ4v) is 3.34. The van der Waals surface area contributed by atoms with E-state index < -0.39 is 0 Å². The normalized spacial score (nSPS) is 19.3. The molecule has 18 heavy (non-hydrogen) atoms. The van der Waals surface area contributed by atoms with Crippen LogP contribution in [0.5, 0.6) is 0 Å². The van der Waals surface area contributed by atoms with Gasteiger partial charge in [-0.25, -0.2) is 0 Å². The number of nitrogens with two attached hydrogens (primary N) is 1. The third-order valence-electron chi connectivity index (χ3n) is 4.94. The van der Waals surface area contributed by atoms with E-state index in [1.54, 1.807) is 0 Å². The first-order valence-electron chi connectivity index (χ1n) is 7.94. The van der Waals surface area contributed by atoms with E-state index in [2.05, 4.69) is 26.1 Å². The van der Waals surface area contributed by atoms with Crippen LogP contribution in [-0.2, 0) is 0 Å². The Morgan fingerprint density at radius 2 is 1.83 bits per heavy atom. The summed E-state index contributed by atoms with van der Waals surface area (Å²) in [7, 11) is 0. The minimum absolute atomic E-state index is 0.423. The van der Waals surface area contributed by atoms with Gasteiger partial charge in [-0.2, -0.15) is 0 Å². The van der Waals surface area contributed by atoms with E-state index in [-0.39, 0.29) is 0 Å². The molecule has 0 aromatic rings. The predicted molar refractivity (Wildman–Crippen MR) is 80.7 cm³/mol. The minimum atomic E-state index is 0.423. The number of rotatable bonds is 9. The molecule has 3 N–H and O–H groups in total. The molecule has 1 aliphatic rings. The van der Waals surface area contributed by atoms with Gasteiger partial charge in [0.05, 0.1) is 0 Å². The largest absolute Gasteiger partial charge is 0.330 e. The molecule has 1 aliphatic carbocycles. The second kappa shape index (κ2) is 7.49. The summed E-state index contributed by atoms with van der Waals surface area (Å²) in [5, 5.41) is 3.70. The first kappa shape index (κ1) is 16.0. The van der Waals surface area contributed by atoms with Crippen molar-refractivity contribution in [1.82, 2.24) is 5.32 Å². The molecule has 1 rings (SSSR count). The summed E-state index contributed by atoms with van der Waals surface area (Å²) in [4.78, 5) is 0. The van der Waals surface area contributed by atoms with E-state index in [9.17, 15) is 0 Å². The highest BCUT2D eigenvalue weighted by atomic mass is 14.9. The van der Waals surface area contributed by atoms with Crippen LogP contribution in [0.3, 0.4) is 0 Å². The molecular formula is C16H34N2. The molecule has 0 spiro atoms. The molecule has 1 saturated carbocycles. The lowest BCUT2D eigenvalue weighted by molar-refractivity contribution is 0.260. The Morgan fingerprint density at radius 1 is 1.17 bits per heavy atom. The zero-order chi connectivity index (χ0) is 13.5. The highest BCUT2D eigenvalue weighted by molar-refractivity contribution is 4.85. The van der Waals surface area contributed by atoms with Gasteiger partial charge in [0.25, 0.3) is 0 Å². The Balaban J connectivity index is 2.11. The zero-order valence-electron chi connectivity index (χ0n) is 12.9. The zero-order valence-corrected chi connectivity index (χ0v) is 12.9. The van der Waals surface area contributed by atoms with Crippen LogP contribution in [0.1, 0.15) is 72.1 Å². The lowest BCUT2D eigenvalue weighted by atomic mass is 9.83. The van der Waals surface area contributed by atoms with Gasteiger partial charge in [0.1, 0.15) is 0 Å². The summed E-state index contributed by atoms with van der Waals surface area (Å²) in [5.74, 6) is 0. The average Bonchev–Trinajstić information content (AvgIpc) is 2.78. The SMILES string of the molecule is CCC1(CNCCCC(C)(C)CCN)CCCC1. The van der Waals surface area contributed by atoms with E-state index in [1.165, 1.54) is 58.0 Å².